The molecule has 12 atom stereocenters. The van der Waals surface area contributed by atoms with Gasteiger partial charge in [-0.05, 0) is 77.0 Å². The molecule has 0 bridgehead atoms. The van der Waals surface area contributed by atoms with Crippen molar-refractivity contribution in [3.05, 3.63) is 60.8 Å². The number of nitrogens with one attached hydrogen (secondary N) is 1. The monoisotopic (exact) mass is 1330 g/mol. The number of rotatable bonds is 66. The lowest BCUT2D eigenvalue weighted by Gasteiger charge is -2.46. The van der Waals surface area contributed by atoms with Gasteiger partial charge in [-0.2, -0.15) is 0 Å². The minimum absolute atomic E-state index is 0.249. The number of allylic oxidation sites excluding steroid dienone is 9. The van der Waals surface area contributed by atoms with Gasteiger partial charge in [0.1, 0.15) is 48.8 Å². The van der Waals surface area contributed by atoms with Crippen LogP contribution in [0.1, 0.15) is 348 Å². The van der Waals surface area contributed by atoms with E-state index < -0.39 is 86.8 Å². The van der Waals surface area contributed by atoms with Crippen molar-refractivity contribution in [2.75, 3.05) is 19.8 Å². The Bertz CT molecular complexity index is 1810. The van der Waals surface area contributed by atoms with Gasteiger partial charge in [-0.25, -0.2) is 0 Å². The molecule has 0 spiro atoms. The molecule has 0 aliphatic carbocycles. The van der Waals surface area contributed by atoms with Crippen LogP contribution in [-0.4, -0.2) is 140 Å². The molecule has 550 valence electrons. The van der Waals surface area contributed by atoms with Crippen LogP contribution in [0.2, 0.25) is 0 Å². The summed E-state index contributed by atoms with van der Waals surface area (Å²) in [6, 6.07) is -0.941. The summed E-state index contributed by atoms with van der Waals surface area (Å²) >= 11 is 0. The maximum atomic E-state index is 13.4. The molecule has 2 saturated heterocycles. The second-order valence-electron chi connectivity index (χ2n) is 27.8. The van der Waals surface area contributed by atoms with Crippen LogP contribution in [0.25, 0.3) is 0 Å². The lowest BCUT2D eigenvalue weighted by atomic mass is 9.97. The lowest BCUT2D eigenvalue weighted by molar-refractivity contribution is -0.359. The first-order valence-electron chi connectivity index (χ1n) is 39.5. The highest BCUT2D eigenvalue weighted by molar-refractivity contribution is 5.76. The summed E-state index contributed by atoms with van der Waals surface area (Å²) in [5.74, 6) is -0.249. The normalized spacial score (nSPS) is 22.7. The molecule has 2 rings (SSSR count). The molecule has 2 aliphatic rings. The van der Waals surface area contributed by atoms with E-state index in [0.29, 0.717) is 12.8 Å². The van der Waals surface area contributed by atoms with Crippen LogP contribution in [0.3, 0.4) is 0 Å². The minimum atomic E-state index is -1.80. The standard InChI is InChI=1S/C80H147NO13/c1-3-5-7-9-11-13-15-17-19-21-23-25-27-29-31-33-34-36-37-39-41-43-45-47-49-51-53-55-57-59-61-63-69(84)68(67-91-79-77(90)75(88)78(71(66-83)93-79)94-80-76(89)74(87)73(86)70(65-82)92-80)81-72(85)64-62-60-58-56-54-52-50-48-46-44-42-40-38-35-32-30-28-26-24-22-20-18-16-14-12-10-8-6-4-2/h16,18,22,24,45,47,53,55,61,63,68-71,73-80,82-84,86-90H,3-15,17,19-21,23,25-44,46,48-52,54,56-60,62,64-67H2,1-2H3,(H,81,85)/b18-16-,24-22-,47-45+,55-53+,63-61+. The summed E-state index contributed by atoms with van der Waals surface area (Å²) in [4.78, 5) is 13.4. The van der Waals surface area contributed by atoms with Crippen LogP contribution in [0.15, 0.2) is 60.8 Å². The van der Waals surface area contributed by atoms with Crippen molar-refractivity contribution in [1.29, 1.82) is 0 Å². The Labute approximate surface area is 575 Å². The fourth-order valence-electron chi connectivity index (χ4n) is 12.9. The maximum absolute atomic E-state index is 13.4. The van der Waals surface area contributed by atoms with Gasteiger partial charge in [0.25, 0.3) is 0 Å². The topological polar surface area (TPSA) is 228 Å². The Kier molecular flexibility index (Phi) is 59.8. The van der Waals surface area contributed by atoms with E-state index in [1.165, 1.54) is 263 Å². The van der Waals surface area contributed by atoms with Gasteiger partial charge >= 0.3 is 0 Å². The summed E-state index contributed by atoms with van der Waals surface area (Å²) in [6.07, 6.45) is 70.2. The molecule has 2 fully saturated rings. The van der Waals surface area contributed by atoms with Gasteiger partial charge in [-0.3, -0.25) is 4.79 Å². The van der Waals surface area contributed by atoms with Gasteiger partial charge in [0.2, 0.25) is 5.91 Å². The van der Waals surface area contributed by atoms with Gasteiger partial charge < -0.3 is 65.1 Å². The number of amides is 1. The summed E-state index contributed by atoms with van der Waals surface area (Å²) in [5, 5.41) is 87.6. The Morgan fingerprint density at radius 1 is 0.383 bits per heavy atom. The molecule has 14 heteroatoms. The molecule has 12 unspecified atom stereocenters. The van der Waals surface area contributed by atoms with Crippen molar-refractivity contribution < 1.29 is 64.6 Å². The summed E-state index contributed by atoms with van der Waals surface area (Å²) in [5.41, 5.74) is 0. The van der Waals surface area contributed by atoms with Crippen molar-refractivity contribution in [3.8, 4) is 0 Å². The molecule has 2 heterocycles. The molecule has 94 heavy (non-hydrogen) atoms. The van der Waals surface area contributed by atoms with Gasteiger partial charge in [0, 0.05) is 6.42 Å². The van der Waals surface area contributed by atoms with E-state index in [0.717, 1.165) is 51.4 Å². The van der Waals surface area contributed by atoms with Gasteiger partial charge in [0.05, 0.1) is 32.0 Å². The molecule has 1 amide bonds. The number of unbranched alkanes of at least 4 members (excludes halogenated alkanes) is 45. The Balaban J connectivity index is 1.65. The third kappa shape index (κ3) is 46.9. The predicted molar refractivity (Wildman–Crippen MR) is 387 cm³/mol. The number of carbonyl (C=O) groups excluding carboxylic acids is 1. The van der Waals surface area contributed by atoms with Crippen molar-refractivity contribution in [2.24, 2.45) is 0 Å². The second kappa shape index (κ2) is 64.1. The first-order chi connectivity index (χ1) is 46.1. The second-order valence-corrected chi connectivity index (χ2v) is 27.8. The average molecular weight is 1330 g/mol. The molecule has 14 nitrogen and oxygen atoms in total. The molecule has 0 aromatic carbocycles. The zero-order chi connectivity index (χ0) is 68.0. The van der Waals surface area contributed by atoms with Crippen LogP contribution in [-0.2, 0) is 23.7 Å². The zero-order valence-corrected chi connectivity index (χ0v) is 60.2. The maximum Gasteiger partial charge on any atom is 0.220 e. The minimum Gasteiger partial charge on any atom is -0.394 e. The number of aliphatic hydroxyl groups excluding tert-OH is 8. The van der Waals surface area contributed by atoms with E-state index in [2.05, 4.69) is 67.8 Å². The van der Waals surface area contributed by atoms with Gasteiger partial charge in [0.15, 0.2) is 12.6 Å². The van der Waals surface area contributed by atoms with E-state index in [1.54, 1.807) is 6.08 Å². The molecule has 0 aromatic heterocycles. The van der Waals surface area contributed by atoms with Crippen molar-refractivity contribution in [2.45, 2.75) is 421 Å². The highest BCUT2D eigenvalue weighted by atomic mass is 16.7. The molecular formula is C80H147NO13. The number of carbonyl (C=O) groups is 1. The molecule has 9 N–H and O–H groups in total. The van der Waals surface area contributed by atoms with E-state index >= 15 is 0 Å². The Morgan fingerprint density at radius 2 is 0.713 bits per heavy atom. The van der Waals surface area contributed by atoms with Crippen molar-refractivity contribution in [3.63, 3.8) is 0 Å². The molecule has 0 radical (unpaired) electrons. The average Bonchev–Trinajstić information content (AvgIpc) is 0.794. The summed E-state index contributed by atoms with van der Waals surface area (Å²) in [6.45, 7) is 2.82. The highest BCUT2D eigenvalue weighted by Crippen LogP contribution is 2.30. The van der Waals surface area contributed by atoms with Crippen molar-refractivity contribution in [1.82, 2.24) is 5.32 Å². The Morgan fingerprint density at radius 3 is 1.11 bits per heavy atom. The fourth-order valence-corrected chi connectivity index (χ4v) is 12.9. The Hall–Kier alpha value is -2.31. The third-order valence-electron chi connectivity index (χ3n) is 19.2. The zero-order valence-electron chi connectivity index (χ0n) is 60.2. The van der Waals surface area contributed by atoms with Crippen LogP contribution in [0, 0.1) is 0 Å². The number of hydrogen-bond acceptors (Lipinski definition) is 13. The summed E-state index contributed by atoms with van der Waals surface area (Å²) < 4.78 is 22.9. The molecule has 0 aromatic rings. The van der Waals surface area contributed by atoms with E-state index in [4.69, 9.17) is 18.9 Å². The molecule has 0 saturated carbocycles. The third-order valence-corrected chi connectivity index (χ3v) is 19.2. The van der Waals surface area contributed by atoms with E-state index in [-0.39, 0.29) is 18.9 Å². The lowest BCUT2D eigenvalue weighted by Crippen LogP contribution is -2.65. The smallest absolute Gasteiger partial charge is 0.220 e. The quantitative estimate of drug-likeness (QED) is 0.0204. The van der Waals surface area contributed by atoms with E-state index in [9.17, 15) is 45.6 Å². The highest BCUT2D eigenvalue weighted by Gasteiger charge is 2.51. The van der Waals surface area contributed by atoms with Gasteiger partial charge in [-0.1, -0.05) is 325 Å². The predicted octanol–water partition coefficient (Wildman–Crippen LogP) is 17.6. The van der Waals surface area contributed by atoms with Crippen LogP contribution >= 0.6 is 0 Å². The fraction of sp³-hybridized carbons (Fsp3) is 0.863. The van der Waals surface area contributed by atoms with E-state index in [1.807, 2.05) is 6.08 Å². The van der Waals surface area contributed by atoms with Crippen LogP contribution < -0.4 is 5.32 Å². The SMILES string of the molecule is CCCCCCC/C=C\C/C=C\CCCCCCCCCCCCCCCCCCCC(=O)NC(COC1OC(CO)C(OC2OC(CO)C(O)C(O)C2O)C(O)C1O)C(O)/C=C/CC/C=C/CC/C=C/CCCCCCCCCCCCCCCCCCCCCCC. The summed E-state index contributed by atoms with van der Waals surface area (Å²) in [7, 11) is 0. The number of hydrogen-bond donors (Lipinski definition) is 9. The van der Waals surface area contributed by atoms with Crippen LogP contribution in [0.4, 0.5) is 0 Å². The molecule has 2 aliphatic heterocycles. The number of aliphatic hydroxyl groups is 8. The number of ether oxygens (including phenoxy) is 4. The van der Waals surface area contributed by atoms with Gasteiger partial charge in [-0.15, -0.1) is 0 Å². The largest absolute Gasteiger partial charge is 0.394 e. The first kappa shape index (κ1) is 87.8. The van der Waals surface area contributed by atoms with Crippen molar-refractivity contribution >= 4 is 5.91 Å². The molecular weight excluding hydrogens is 1180 g/mol. The van der Waals surface area contributed by atoms with Crippen LogP contribution in [0.5, 0.6) is 0 Å². The first-order valence-corrected chi connectivity index (χ1v) is 39.5.